The number of rotatable bonds is 6. The number of hydrogen-bond donors (Lipinski definition) is 1. The van der Waals surface area contributed by atoms with Gasteiger partial charge in [0.05, 0.1) is 0 Å². The highest BCUT2D eigenvalue weighted by Gasteiger charge is 2.28. The van der Waals surface area contributed by atoms with Gasteiger partial charge in [0.15, 0.2) is 0 Å². The van der Waals surface area contributed by atoms with Crippen LogP contribution in [0, 0.1) is 0 Å². The predicted molar refractivity (Wildman–Crippen MR) is 69.0 cm³/mol. The minimum Gasteiger partial charge on any atom is -0.398 e. The van der Waals surface area contributed by atoms with Crippen molar-refractivity contribution < 1.29 is 8.85 Å². The lowest BCUT2D eigenvalue weighted by molar-refractivity contribution is 0.186. The van der Waals surface area contributed by atoms with Crippen LogP contribution in [0.25, 0.3) is 0 Å². The van der Waals surface area contributed by atoms with Gasteiger partial charge in [-0.15, -0.1) is 0 Å². The molecule has 0 aromatic rings. The zero-order chi connectivity index (χ0) is 12.0. The second-order valence-corrected chi connectivity index (χ2v) is 8.36. The summed E-state index contributed by atoms with van der Waals surface area (Å²) in [5.74, 6) is 0. The third kappa shape index (κ3) is 4.14. The molecular formula is C11H26N2O2Si. The van der Waals surface area contributed by atoms with Gasteiger partial charge >= 0.3 is 8.56 Å². The lowest BCUT2D eigenvalue weighted by Gasteiger charge is -2.33. The number of nitrogens with one attached hydrogen (secondary N) is 1. The van der Waals surface area contributed by atoms with Crippen LogP contribution in [0.15, 0.2) is 0 Å². The highest BCUT2D eigenvalue weighted by molar-refractivity contribution is 6.65. The summed E-state index contributed by atoms with van der Waals surface area (Å²) >= 11 is 0. The average Bonchev–Trinajstić information content (AvgIpc) is 2.31. The average molecular weight is 246 g/mol. The Hall–Kier alpha value is 0.0569. The summed E-state index contributed by atoms with van der Waals surface area (Å²) in [5, 5.41) is 3.45. The van der Waals surface area contributed by atoms with Gasteiger partial charge in [0, 0.05) is 39.9 Å². The zero-order valence-corrected chi connectivity index (χ0v) is 12.1. The Balaban J connectivity index is 2.23. The molecule has 1 atom stereocenters. The van der Waals surface area contributed by atoms with Crippen molar-refractivity contribution in [3.8, 4) is 0 Å². The maximum Gasteiger partial charge on any atom is 0.334 e. The summed E-state index contributed by atoms with van der Waals surface area (Å²) in [6.07, 6.45) is 2.43. The molecule has 4 nitrogen and oxygen atoms in total. The standard InChI is InChI=1S/C11H26N2O2Si/c1-13-8-7-12-10-11(13)6-5-9-16(4,14-2)15-3/h11-12H,5-10H2,1-4H3. The second kappa shape index (κ2) is 6.71. The Kier molecular flexibility index (Phi) is 5.92. The van der Waals surface area contributed by atoms with Gasteiger partial charge in [0.1, 0.15) is 0 Å². The molecule has 1 aliphatic rings. The van der Waals surface area contributed by atoms with E-state index in [-0.39, 0.29) is 0 Å². The highest BCUT2D eigenvalue weighted by Crippen LogP contribution is 2.17. The summed E-state index contributed by atoms with van der Waals surface area (Å²) < 4.78 is 11.0. The van der Waals surface area contributed by atoms with E-state index in [1.807, 2.05) is 0 Å². The van der Waals surface area contributed by atoms with Crippen molar-refractivity contribution in [3.63, 3.8) is 0 Å². The Morgan fingerprint density at radius 2 is 2.06 bits per heavy atom. The molecule has 1 saturated heterocycles. The van der Waals surface area contributed by atoms with Crippen molar-refractivity contribution >= 4 is 8.56 Å². The van der Waals surface area contributed by atoms with Gasteiger partial charge in [0.25, 0.3) is 0 Å². The Bertz CT molecular complexity index is 200. The molecule has 96 valence electrons. The number of nitrogens with zero attached hydrogens (tertiary/aromatic N) is 1. The largest absolute Gasteiger partial charge is 0.398 e. The van der Waals surface area contributed by atoms with Crippen LogP contribution in [0.1, 0.15) is 12.8 Å². The molecule has 5 heteroatoms. The fourth-order valence-electron chi connectivity index (χ4n) is 2.13. The molecule has 1 fully saturated rings. The van der Waals surface area contributed by atoms with E-state index in [1.165, 1.54) is 12.8 Å². The van der Waals surface area contributed by atoms with Crippen LogP contribution < -0.4 is 5.32 Å². The molecule has 0 spiro atoms. The molecule has 1 aliphatic heterocycles. The van der Waals surface area contributed by atoms with Crippen molar-refractivity contribution in [2.24, 2.45) is 0 Å². The first kappa shape index (κ1) is 14.1. The molecule has 0 saturated carbocycles. The Morgan fingerprint density at radius 3 is 2.62 bits per heavy atom. The van der Waals surface area contributed by atoms with E-state index in [0.717, 1.165) is 25.7 Å². The van der Waals surface area contributed by atoms with E-state index in [9.17, 15) is 0 Å². The van der Waals surface area contributed by atoms with Crippen LogP contribution in [0.3, 0.4) is 0 Å². The van der Waals surface area contributed by atoms with Gasteiger partial charge in [-0.2, -0.15) is 0 Å². The fraction of sp³-hybridized carbons (Fsp3) is 1.00. The zero-order valence-electron chi connectivity index (χ0n) is 11.1. The topological polar surface area (TPSA) is 33.7 Å². The monoisotopic (exact) mass is 246 g/mol. The molecule has 0 bridgehead atoms. The third-order valence-electron chi connectivity index (χ3n) is 3.68. The summed E-state index contributed by atoms with van der Waals surface area (Å²) in [6.45, 7) is 5.54. The second-order valence-electron chi connectivity index (χ2n) is 4.77. The van der Waals surface area contributed by atoms with Crippen molar-refractivity contribution in [2.45, 2.75) is 31.5 Å². The quantitative estimate of drug-likeness (QED) is 0.710. The van der Waals surface area contributed by atoms with E-state index < -0.39 is 8.56 Å². The first-order valence-electron chi connectivity index (χ1n) is 6.12. The van der Waals surface area contributed by atoms with Crippen LogP contribution in [-0.4, -0.2) is 60.4 Å². The lowest BCUT2D eigenvalue weighted by atomic mass is 10.1. The molecule has 0 amide bonds. The van der Waals surface area contributed by atoms with Crippen LogP contribution in [0.2, 0.25) is 12.6 Å². The molecule has 0 aromatic carbocycles. The van der Waals surface area contributed by atoms with Gasteiger partial charge in [0.2, 0.25) is 0 Å². The minimum atomic E-state index is -1.84. The summed E-state index contributed by atoms with van der Waals surface area (Å²) in [4.78, 5) is 2.45. The van der Waals surface area contributed by atoms with E-state index >= 15 is 0 Å². The molecule has 1 heterocycles. The van der Waals surface area contributed by atoms with Gasteiger partial charge in [-0.05, 0) is 32.5 Å². The van der Waals surface area contributed by atoms with Crippen LogP contribution in [0.4, 0.5) is 0 Å². The summed E-state index contributed by atoms with van der Waals surface area (Å²) in [5.41, 5.74) is 0. The first-order valence-corrected chi connectivity index (χ1v) is 8.65. The molecule has 0 radical (unpaired) electrons. The molecule has 0 aliphatic carbocycles. The van der Waals surface area contributed by atoms with Crippen LogP contribution in [0.5, 0.6) is 0 Å². The maximum absolute atomic E-state index is 5.49. The molecule has 1 unspecified atom stereocenters. The normalized spacial score (nSPS) is 23.6. The highest BCUT2D eigenvalue weighted by atomic mass is 28.4. The smallest absolute Gasteiger partial charge is 0.334 e. The molecule has 1 N–H and O–H groups in total. The maximum atomic E-state index is 5.49. The van der Waals surface area contributed by atoms with Crippen molar-refractivity contribution in [1.29, 1.82) is 0 Å². The van der Waals surface area contributed by atoms with Crippen molar-refractivity contribution in [2.75, 3.05) is 40.9 Å². The van der Waals surface area contributed by atoms with Gasteiger partial charge < -0.3 is 19.1 Å². The van der Waals surface area contributed by atoms with Gasteiger partial charge in [-0.1, -0.05) is 0 Å². The molecule has 1 rings (SSSR count). The van der Waals surface area contributed by atoms with Gasteiger partial charge in [-0.3, -0.25) is 0 Å². The number of hydrogen-bond acceptors (Lipinski definition) is 4. The minimum absolute atomic E-state index is 0.681. The molecule has 0 aromatic heterocycles. The summed E-state index contributed by atoms with van der Waals surface area (Å²) in [6, 6.07) is 1.77. The third-order valence-corrected chi connectivity index (χ3v) is 6.67. The fourth-order valence-corrected chi connectivity index (χ4v) is 3.55. The lowest BCUT2D eigenvalue weighted by Crippen LogP contribution is -2.49. The van der Waals surface area contributed by atoms with Crippen LogP contribution >= 0.6 is 0 Å². The van der Waals surface area contributed by atoms with E-state index in [4.69, 9.17) is 8.85 Å². The molecular weight excluding hydrogens is 220 g/mol. The Labute approximate surface area is 101 Å². The number of piperazine rings is 1. The SMILES string of the molecule is CO[Si](C)(CCCC1CNCCN1C)OC. The first-order chi connectivity index (χ1) is 7.61. The summed E-state index contributed by atoms with van der Waals surface area (Å²) in [7, 11) is 3.91. The number of likely N-dealkylation sites (N-methyl/N-ethyl adjacent to an activating group) is 1. The van der Waals surface area contributed by atoms with Crippen molar-refractivity contribution in [3.05, 3.63) is 0 Å². The predicted octanol–water partition coefficient (Wildman–Crippen LogP) is 1.04. The van der Waals surface area contributed by atoms with Crippen LogP contribution in [-0.2, 0) is 8.85 Å². The molecule has 16 heavy (non-hydrogen) atoms. The van der Waals surface area contributed by atoms with E-state index in [0.29, 0.717) is 6.04 Å². The van der Waals surface area contributed by atoms with E-state index in [2.05, 4.69) is 23.8 Å². The Morgan fingerprint density at radius 1 is 1.38 bits per heavy atom. The van der Waals surface area contributed by atoms with E-state index in [1.54, 1.807) is 14.2 Å². The van der Waals surface area contributed by atoms with Crippen molar-refractivity contribution in [1.82, 2.24) is 10.2 Å². The van der Waals surface area contributed by atoms with Gasteiger partial charge in [-0.25, -0.2) is 0 Å².